The van der Waals surface area contributed by atoms with Crippen LogP contribution in [0.25, 0.3) is 0 Å². The van der Waals surface area contributed by atoms with Gasteiger partial charge in [0.25, 0.3) is 0 Å². The molecule has 9 heteroatoms. The van der Waals surface area contributed by atoms with Crippen LogP contribution in [0.4, 0.5) is 0 Å². The van der Waals surface area contributed by atoms with Crippen molar-refractivity contribution in [2.45, 2.75) is 251 Å². The molecular weight excluding hydrogens is 697 g/mol. The minimum absolute atomic E-state index is 0.0900. The lowest BCUT2D eigenvalue weighted by Crippen LogP contribution is -2.28. The van der Waals surface area contributed by atoms with Gasteiger partial charge in [0.1, 0.15) is 6.10 Å². The first-order valence-corrected chi connectivity index (χ1v) is 25.0. The minimum atomic E-state index is -4.27. The summed E-state index contributed by atoms with van der Waals surface area (Å²) in [7, 11) is -4.27. The molecular formula is C45H92NO7P. The Kier molecular flexibility index (Phi) is 43.2. The average Bonchev–Trinajstić information content (AvgIpc) is 3.16. The summed E-state index contributed by atoms with van der Waals surface area (Å²) in [4.78, 5) is 22.5. The van der Waals surface area contributed by atoms with Crippen LogP contribution in [-0.4, -0.2) is 49.9 Å². The zero-order valence-corrected chi connectivity index (χ0v) is 36.9. The van der Waals surface area contributed by atoms with E-state index in [-0.39, 0.29) is 32.3 Å². The van der Waals surface area contributed by atoms with E-state index in [9.17, 15) is 14.3 Å². The van der Waals surface area contributed by atoms with E-state index >= 15 is 0 Å². The van der Waals surface area contributed by atoms with E-state index in [4.69, 9.17) is 24.3 Å². The van der Waals surface area contributed by atoms with Crippen LogP contribution >= 0.6 is 7.82 Å². The number of phosphoric acid groups is 1. The highest BCUT2D eigenvalue weighted by Gasteiger charge is 2.25. The van der Waals surface area contributed by atoms with E-state index in [0.29, 0.717) is 13.0 Å². The van der Waals surface area contributed by atoms with E-state index < -0.39 is 13.9 Å². The lowest BCUT2D eigenvalue weighted by atomic mass is 10.0. The number of hydrogen-bond acceptors (Lipinski definition) is 7. The van der Waals surface area contributed by atoms with Crippen molar-refractivity contribution >= 4 is 13.8 Å². The molecule has 0 rings (SSSR count). The number of esters is 1. The number of carbonyl (C=O) groups is 1. The average molecular weight is 790 g/mol. The van der Waals surface area contributed by atoms with Crippen molar-refractivity contribution in [3.8, 4) is 0 Å². The lowest BCUT2D eigenvalue weighted by Gasteiger charge is -2.20. The molecule has 2 unspecified atom stereocenters. The molecule has 324 valence electrons. The maximum atomic E-state index is 12.6. The molecule has 0 aromatic heterocycles. The van der Waals surface area contributed by atoms with Gasteiger partial charge in [-0.05, 0) is 12.8 Å². The Hall–Kier alpha value is -0.500. The second-order valence-electron chi connectivity index (χ2n) is 16.0. The zero-order valence-electron chi connectivity index (χ0n) is 36.0. The Bertz CT molecular complexity index is 802. The van der Waals surface area contributed by atoms with Crippen molar-refractivity contribution in [2.24, 2.45) is 5.73 Å². The highest BCUT2D eigenvalue weighted by Crippen LogP contribution is 2.43. The summed E-state index contributed by atoms with van der Waals surface area (Å²) < 4.78 is 33.5. The van der Waals surface area contributed by atoms with Crippen molar-refractivity contribution in [3.05, 3.63) is 0 Å². The van der Waals surface area contributed by atoms with Crippen molar-refractivity contribution in [1.29, 1.82) is 0 Å². The van der Waals surface area contributed by atoms with Gasteiger partial charge in [0.05, 0.1) is 19.8 Å². The molecule has 0 aliphatic rings. The summed E-state index contributed by atoms with van der Waals surface area (Å²) >= 11 is 0. The molecule has 54 heavy (non-hydrogen) atoms. The fourth-order valence-corrected chi connectivity index (χ4v) is 7.82. The van der Waals surface area contributed by atoms with Crippen LogP contribution in [-0.2, 0) is 27.9 Å². The second-order valence-corrected chi connectivity index (χ2v) is 17.4. The van der Waals surface area contributed by atoms with Crippen molar-refractivity contribution in [2.75, 3.05) is 33.0 Å². The smallest absolute Gasteiger partial charge is 0.457 e. The van der Waals surface area contributed by atoms with Gasteiger partial charge in [-0.1, -0.05) is 226 Å². The monoisotopic (exact) mass is 790 g/mol. The number of unbranched alkanes of at least 4 members (excludes halogenated alkanes) is 33. The molecule has 0 aromatic carbocycles. The van der Waals surface area contributed by atoms with Crippen molar-refractivity contribution in [3.63, 3.8) is 0 Å². The quantitative estimate of drug-likeness (QED) is 0.0356. The van der Waals surface area contributed by atoms with E-state index in [2.05, 4.69) is 13.8 Å². The first-order valence-electron chi connectivity index (χ1n) is 23.5. The van der Waals surface area contributed by atoms with E-state index in [1.807, 2.05) is 0 Å². The third-order valence-corrected chi connectivity index (χ3v) is 11.5. The van der Waals surface area contributed by atoms with Gasteiger partial charge >= 0.3 is 13.8 Å². The van der Waals surface area contributed by atoms with Gasteiger partial charge in [-0.2, -0.15) is 0 Å². The van der Waals surface area contributed by atoms with Crippen molar-refractivity contribution in [1.82, 2.24) is 0 Å². The predicted octanol–water partition coefficient (Wildman–Crippen LogP) is 14.1. The van der Waals surface area contributed by atoms with E-state index in [1.54, 1.807) is 0 Å². The van der Waals surface area contributed by atoms with Crippen LogP contribution < -0.4 is 5.73 Å². The van der Waals surface area contributed by atoms with Crippen LogP contribution in [0.3, 0.4) is 0 Å². The number of hydrogen-bond donors (Lipinski definition) is 2. The van der Waals surface area contributed by atoms with Gasteiger partial charge in [0, 0.05) is 19.6 Å². The summed E-state index contributed by atoms with van der Waals surface area (Å²) in [6.07, 6.45) is 45.5. The molecule has 0 radical (unpaired) electrons. The van der Waals surface area contributed by atoms with Gasteiger partial charge in [-0.15, -0.1) is 0 Å². The summed E-state index contributed by atoms with van der Waals surface area (Å²) in [6.45, 7) is 4.99. The Labute approximate surface area is 335 Å². The predicted molar refractivity (Wildman–Crippen MR) is 229 cm³/mol. The normalized spacial score (nSPS) is 13.3. The molecule has 0 bridgehead atoms. The van der Waals surface area contributed by atoms with Crippen LogP contribution in [0.1, 0.15) is 245 Å². The molecule has 0 aromatic rings. The van der Waals surface area contributed by atoms with Gasteiger partial charge in [0.2, 0.25) is 0 Å². The van der Waals surface area contributed by atoms with Gasteiger partial charge in [-0.25, -0.2) is 4.57 Å². The minimum Gasteiger partial charge on any atom is -0.457 e. The van der Waals surface area contributed by atoms with E-state index in [1.165, 1.54) is 193 Å². The standard InChI is InChI=1S/C45H92NO7P/c1-3-5-7-9-11-13-15-17-18-19-20-21-22-23-24-25-26-28-30-32-34-36-38-45(47)53-44(43-52-54(48,49)51-41-39-46)42-50-40-37-35-33-31-29-27-16-14-12-10-8-6-4-2/h44H,3-43,46H2,1-2H3,(H,48,49). The zero-order chi connectivity index (χ0) is 39.5. The number of phosphoric ester groups is 1. The molecule has 0 aliphatic carbocycles. The van der Waals surface area contributed by atoms with E-state index in [0.717, 1.165) is 32.1 Å². The summed E-state index contributed by atoms with van der Waals surface area (Å²) in [5, 5.41) is 0. The number of carbonyl (C=O) groups excluding carboxylic acids is 1. The number of rotatable bonds is 46. The van der Waals surface area contributed by atoms with Gasteiger partial charge < -0.3 is 20.1 Å². The third-order valence-electron chi connectivity index (χ3n) is 10.5. The Morgan fingerprint density at radius 3 is 1.17 bits per heavy atom. The molecule has 8 nitrogen and oxygen atoms in total. The second kappa shape index (κ2) is 43.6. The fourth-order valence-electron chi connectivity index (χ4n) is 7.06. The van der Waals surface area contributed by atoms with Crippen LogP contribution in [0, 0.1) is 0 Å². The van der Waals surface area contributed by atoms with Crippen LogP contribution in [0.5, 0.6) is 0 Å². The Morgan fingerprint density at radius 1 is 0.481 bits per heavy atom. The molecule has 3 N–H and O–H groups in total. The summed E-state index contributed by atoms with van der Waals surface area (Å²) in [6, 6.07) is 0. The van der Waals surface area contributed by atoms with Gasteiger partial charge in [0.15, 0.2) is 0 Å². The highest BCUT2D eigenvalue weighted by molar-refractivity contribution is 7.47. The number of ether oxygens (including phenoxy) is 2. The molecule has 0 fully saturated rings. The summed E-state index contributed by atoms with van der Waals surface area (Å²) in [5.74, 6) is -0.322. The summed E-state index contributed by atoms with van der Waals surface area (Å²) in [5.41, 5.74) is 5.37. The maximum Gasteiger partial charge on any atom is 0.472 e. The van der Waals surface area contributed by atoms with Crippen LogP contribution in [0.15, 0.2) is 0 Å². The Morgan fingerprint density at radius 2 is 0.815 bits per heavy atom. The molecule has 0 spiro atoms. The molecule has 0 heterocycles. The Balaban J connectivity index is 3.88. The van der Waals surface area contributed by atoms with Crippen molar-refractivity contribution < 1.29 is 32.8 Å². The largest absolute Gasteiger partial charge is 0.472 e. The molecule has 0 amide bonds. The lowest BCUT2D eigenvalue weighted by molar-refractivity contribution is -0.154. The molecule has 0 aliphatic heterocycles. The topological polar surface area (TPSA) is 117 Å². The van der Waals surface area contributed by atoms with Gasteiger partial charge in [-0.3, -0.25) is 13.8 Å². The SMILES string of the molecule is CCCCCCCCCCCCCCCCCCCCCCCCC(=O)OC(COCCCCCCCCCCCCCCC)COP(=O)(O)OCCN. The number of nitrogens with two attached hydrogens (primary N) is 1. The van der Waals surface area contributed by atoms with Crippen LogP contribution in [0.2, 0.25) is 0 Å². The first kappa shape index (κ1) is 53.5. The highest BCUT2D eigenvalue weighted by atomic mass is 31.2. The fraction of sp³-hybridized carbons (Fsp3) is 0.978. The first-order chi connectivity index (χ1) is 26.4. The third kappa shape index (κ3) is 42.6. The molecule has 0 saturated heterocycles. The molecule has 2 atom stereocenters. The maximum absolute atomic E-state index is 12.6. The molecule has 0 saturated carbocycles.